The zero-order chi connectivity index (χ0) is 8.48. The Morgan fingerprint density at radius 1 is 1.64 bits per heavy atom. The molecule has 1 radical (unpaired) electrons. The van der Waals surface area contributed by atoms with Gasteiger partial charge in [-0.15, -0.1) is 0 Å². The van der Waals surface area contributed by atoms with Crippen molar-refractivity contribution in [3.63, 3.8) is 0 Å². The molecule has 1 heterocycles. The van der Waals surface area contributed by atoms with Gasteiger partial charge >= 0.3 is 0 Å². The van der Waals surface area contributed by atoms with Crippen molar-refractivity contribution in [3.05, 3.63) is 6.61 Å². The molecule has 0 unspecified atom stereocenters. The lowest BCUT2D eigenvalue weighted by Crippen LogP contribution is -2.47. The first-order valence-corrected chi connectivity index (χ1v) is 3.65. The van der Waals surface area contributed by atoms with Gasteiger partial charge in [0.25, 0.3) is 0 Å². The van der Waals surface area contributed by atoms with Crippen molar-refractivity contribution in [3.8, 4) is 0 Å². The maximum atomic E-state index is 9.66. The van der Waals surface area contributed by atoms with Gasteiger partial charge in [-0.2, -0.15) is 0 Å². The molecular weight excluding hydrogens is 148 g/mol. The first-order chi connectivity index (χ1) is 5.15. The Kier molecular flexibility index (Phi) is 2.49. The van der Waals surface area contributed by atoms with E-state index >= 15 is 0 Å². The molecule has 3 N–H and O–H groups in total. The summed E-state index contributed by atoms with van der Waals surface area (Å²) in [6.45, 7) is 2.61. The molecule has 11 heavy (non-hydrogen) atoms. The number of aliphatic hydroxyl groups excluding tert-OH is 2. The number of hydrogen-bond acceptors (Lipinski definition) is 4. The second kappa shape index (κ2) is 3.06. The smallest absolute Gasteiger partial charge is 0.121 e. The van der Waals surface area contributed by atoms with Gasteiger partial charge in [-0.25, -0.2) is 0 Å². The minimum Gasteiger partial charge on any atom is -0.394 e. The Morgan fingerprint density at radius 3 is 2.64 bits per heavy atom. The van der Waals surface area contributed by atoms with Crippen LogP contribution >= 0.6 is 0 Å². The number of ether oxygens (including phenoxy) is 1. The van der Waals surface area contributed by atoms with Crippen LogP contribution in [-0.2, 0) is 4.74 Å². The van der Waals surface area contributed by atoms with Crippen molar-refractivity contribution in [2.75, 3.05) is 6.61 Å². The summed E-state index contributed by atoms with van der Waals surface area (Å²) >= 11 is 0. The Morgan fingerprint density at radius 2 is 2.27 bits per heavy atom. The van der Waals surface area contributed by atoms with Gasteiger partial charge in [0, 0.05) is 0 Å². The van der Waals surface area contributed by atoms with Gasteiger partial charge < -0.3 is 20.1 Å². The molecule has 0 bridgehead atoms. The van der Waals surface area contributed by atoms with Crippen LogP contribution in [0.15, 0.2) is 0 Å². The lowest BCUT2D eigenvalue weighted by molar-refractivity contribution is -0.0939. The zero-order valence-corrected chi connectivity index (χ0v) is 6.40. The van der Waals surface area contributed by atoms with Crippen LogP contribution in [-0.4, -0.2) is 39.7 Å². The summed E-state index contributed by atoms with van der Waals surface area (Å²) in [6.07, 6.45) is -1.33. The van der Waals surface area contributed by atoms with Crippen LogP contribution < -0.4 is 0 Å². The minimum absolute atomic E-state index is 0.280. The van der Waals surface area contributed by atoms with E-state index in [0.717, 1.165) is 6.61 Å². The highest BCUT2D eigenvalue weighted by molar-refractivity contribution is 5.02. The largest absolute Gasteiger partial charge is 0.394 e. The molecule has 1 rings (SSSR count). The fraction of sp³-hybridized carbons (Fsp3) is 0.857. The predicted molar refractivity (Wildman–Crippen MR) is 37.5 cm³/mol. The highest BCUT2D eigenvalue weighted by Gasteiger charge is 2.48. The Bertz CT molecular complexity index is 138. The van der Waals surface area contributed by atoms with Gasteiger partial charge in [-0.05, 0) is 6.42 Å². The molecule has 0 saturated carbocycles. The number of hydrogen-bond donors (Lipinski definition) is 3. The molecule has 0 aromatic rings. The second-order valence-electron chi connectivity index (χ2n) is 2.73. The highest BCUT2D eigenvalue weighted by atomic mass is 16.5. The summed E-state index contributed by atoms with van der Waals surface area (Å²) in [7, 11) is 0. The van der Waals surface area contributed by atoms with Gasteiger partial charge in [-0.1, -0.05) is 6.92 Å². The van der Waals surface area contributed by atoms with Gasteiger partial charge in [0.1, 0.15) is 24.4 Å². The number of aliphatic hydroxyl groups is 3. The van der Waals surface area contributed by atoms with Gasteiger partial charge in [0.15, 0.2) is 0 Å². The summed E-state index contributed by atoms with van der Waals surface area (Å²) in [5.74, 6) is 0. The molecule has 1 saturated heterocycles. The van der Waals surface area contributed by atoms with Crippen LogP contribution in [0.4, 0.5) is 0 Å². The standard InChI is InChI=1S/C7H13O4/c1-2-7(10)5(9)4-11-6(7)3-8/h4-6,8-10H,2-3H2,1H3/t5-,6+,7-/m0/s1. The van der Waals surface area contributed by atoms with E-state index in [1.54, 1.807) is 6.92 Å². The van der Waals surface area contributed by atoms with Crippen molar-refractivity contribution < 1.29 is 20.1 Å². The van der Waals surface area contributed by atoms with Crippen LogP contribution in [0.25, 0.3) is 0 Å². The Balaban J connectivity index is 2.70. The molecule has 65 valence electrons. The molecule has 3 atom stereocenters. The minimum atomic E-state index is -1.31. The van der Waals surface area contributed by atoms with Crippen molar-refractivity contribution in [1.82, 2.24) is 0 Å². The molecular formula is C7H13O4. The van der Waals surface area contributed by atoms with Gasteiger partial charge in [0.2, 0.25) is 0 Å². The Hall–Kier alpha value is -0.160. The maximum absolute atomic E-state index is 9.66. The molecule has 1 aliphatic heterocycles. The molecule has 0 spiro atoms. The van der Waals surface area contributed by atoms with E-state index in [0.29, 0.717) is 6.42 Å². The zero-order valence-electron chi connectivity index (χ0n) is 6.40. The third-order valence-electron chi connectivity index (χ3n) is 2.17. The summed E-state index contributed by atoms with van der Waals surface area (Å²) in [6, 6.07) is 0. The summed E-state index contributed by atoms with van der Waals surface area (Å²) in [5, 5.41) is 27.6. The van der Waals surface area contributed by atoms with E-state index in [2.05, 4.69) is 0 Å². The highest BCUT2D eigenvalue weighted by Crippen LogP contribution is 2.31. The van der Waals surface area contributed by atoms with Crippen molar-refractivity contribution in [1.29, 1.82) is 0 Å². The summed E-state index contributed by atoms with van der Waals surface area (Å²) in [4.78, 5) is 0. The fourth-order valence-corrected chi connectivity index (χ4v) is 1.23. The van der Waals surface area contributed by atoms with E-state index in [-0.39, 0.29) is 6.61 Å². The average Bonchev–Trinajstić information content (AvgIpc) is 2.30. The van der Waals surface area contributed by atoms with Crippen molar-refractivity contribution in [2.24, 2.45) is 0 Å². The summed E-state index contributed by atoms with van der Waals surface area (Å²) < 4.78 is 4.85. The van der Waals surface area contributed by atoms with Crippen LogP contribution in [0.2, 0.25) is 0 Å². The molecule has 1 aliphatic rings. The quantitative estimate of drug-likeness (QED) is 0.488. The van der Waals surface area contributed by atoms with Crippen LogP contribution in [0.1, 0.15) is 13.3 Å². The topological polar surface area (TPSA) is 69.9 Å². The lowest BCUT2D eigenvalue weighted by atomic mass is 9.91. The Labute approximate surface area is 65.4 Å². The predicted octanol–water partition coefficient (Wildman–Crippen LogP) is -0.959. The molecule has 1 fully saturated rings. The van der Waals surface area contributed by atoms with E-state index in [4.69, 9.17) is 9.84 Å². The fourth-order valence-electron chi connectivity index (χ4n) is 1.23. The van der Waals surface area contributed by atoms with E-state index in [9.17, 15) is 10.2 Å². The normalized spacial score (nSPS) is 44.7. The second-order valence-corrected chi connectivity index (χ2v) is 2.73. The van der Waals surface area contributed by atoms with Crippen LogP contribution in [0.5, 0.6) is 0 Å². The molecule has 0 aliphatic carbocycles. The monoisotopic (exact) mass is 161 g/mol. The maximum Gasteiger partial charge on any atom is 0.121 e. The molecule has 4 heteroatoms. The first kappa shape index (κ1) is 8.93. The molecule has 0 amide bonds. The molecule has 0 aromatic carbocycles. The van der Waals surface area contributed by atoms with Gasteiger partial charge in [-0.3, -0.25) is 0 Å². The van der Waals surface area contributed by atoms with Crippen molar-refractivity contribution in [2.45, 2.75) is 31.2 Å². The number of rotatable bonds is 2. The van der Waals surface area contributed by atoms with E-state index in [1.807, 2.05) is 0 Å². The summed E-state index contributed by atoms with van der Waals surface area (Å²) in [5.41, 5.74) is -1.31. The van der Waals surface area contributed by atoms with Crippen LogP contribution in [0.3, 0.4) is 0 Å². The van der Waals surface area contributed by atoms with E-state index in [1.165, 1.54) is 0 Å². The third-order valence-corrected chi connectivity index (χ3v) is 2.17. The van der Waals surface area contributed by atoms with Crippen LogP contribution in [0, 0.1) is 6.61 Å². The molecule has 0 aromatic heterocycles. The van der Waals surface area contributed by atoms with E-state index < -0.39 is 17.8 Å². The van der Waals surface area contributed by atoms with Gasteiger partial charge in [0.05, 0.1) is 6.61 Å². The first-order valence-electron chi connectivity index (χ1n) is 3.65. The van der Waals surface area contributed by atoms with Crippen molar-refractivity contribution >= 4 is 0 Å². The third kappa shape index (κ3) is 1.27. The lowest BCUT2D eigenvalue weighted by Gasteiger charge is -2.28. The molecule has 4 nitrogen and oxygen atoms in total. The average molecular weight is 161 g/mol. The SMILES string of the molecule is CC[C@]1(O)[C@@H](O)[CH]O[C@@H]1CO.